The predicted molar refractivity (Wildman–Crippen MR) is 80.1 cm³/mol. The van der Waals surface area contributed by atoms with Crippen molar-refractivity contribution in [1.29, 1.82) is 0 Å². The fraction of sp³-hybridized carbons (Fsp3) is 0.357. The van der Waals surface area contributed by atoms with Crippen LogP contribution in [0.5, 0.6) is 0 Å². The Balaban J connectivity index is 1.80. The lowest BCUT2D eigenvalue weighted by Crippen LogP contribution is -2.32. The van der Waals surface area contributed by atoms with Crippen molar-refractivity contribution in [2.75, 3.05) is 13.1 Å². The maximum Gasteiger partial charge on any atom is 0.147 e. The zero-order chi connectivity index (χ0) is 14.9. The summed E-state index contributed by atoms with van der Waals surface area (Å²) in [4.78, 5) is 0. The van der Waals surface area contributed by atoms with Gasteiger partial charge in [-0.25, -0.2) is 0 Å². The Morgan fingerprint density at radius 2 is 2.19 bits per heavy atom. The third-order valence-electron chi connectivity index (χ3n) is 3.24. The van der Waals surface area contributed by atoms with Crippen LogP contribution in [-0.2, 0) is 6.54 Å². The van der Waals surface area contributed by atoms with Gasteiger partial charge in [0.25, 0.3) is 0 Å². The van der Waals surface area contributed by atoms with Crippen LogP contribution in [0.4, 0.5) is 0 Å². The van der Waals surface area contributed by atoms with Gasteiger partial charge in [-0.3, -0.25) is 4.68 Å². The lowest BCUT2D eigenvalue weighted by molar-refractivity contribution is 0.315. The molecule has 0 radical (unpaired) electrons. The van der Waals surface area contributed by atoms with Crippen molar-refractivity contribution in [3.63, 3.8) is 0 Å². The molecule has 0 saturated heterocycles. The number of aromatic nitrogens is 3. The highest BCUT2D eigenvalue weighted by Gasteiger charge is 2.15. The summed E-state index contributed by atoms with van der Waals surface area (Å²) in [5.41, 5.74) is 6.80. The van der Waals surface area contributed by atoms with E-state index in [4.69, 9.17) is 10.9 Å². The van der Waals surface area contributed by atoms with Crippen LogP contribution in [0.2, 0.25) is 0 Å². The van der Waals surface area contributed by atoms with E-state index in [1.807, 2.05) is 36.5 Å². The maximum absolute atomic E-state index is 8.91. The van der Waals surface area contributed by atoms with Crippen LogP contribution < -0.4 is 11.1 Å². The Hall–Kier alpha value is -2.41. The molecular weight excluding hydrogens is 268 g/mol. The number of hydrogen-bond acceptors (Lipinski definition) is 5. The van der Waals surface area contributed by atoms with Gasteiger partial charge in [-0.2, -0.15) is 0 Å². The quantitative estimate of drug-likeness (QED) is 0.219. The standard InChI is InChI=1S/C14H20N6O/c15-14(18-21)13(12-5-2-1-3-6-12)11-16-7-4-9-20-10-8-17-19-20/h1-3,5-6,8,10,13,16,21H,4,7,9,11H2,(H2,15,18). The summed E-state index contributed by atoms with van der Waals surface area (Å²) in [5.74, 6) is 0.0764. The molecule has 0 saturated carbocycles. The van der Waals surface area contributed by atoms with E-state index in [-0.39, 0.29) is 11.8 Å². The van der Waals surface area contributed by atoms with Gasteiger partial charge in [0, 0.05) is 19.3 Å². The molecule has 0 spiro atoms. The first-order valence-corrected chi connectivity index (χ1v) is 6.88. The van der Waals surface area contributed by atoms with Crippen LogP contribution in [0.15, 0.2) is 47.9 Å². The van der Waals surface area contributed by atoms with Crippen molar-refractivity contribution in [3.8, 4) is 0 Å². The third-order valence-corrected chi connectivity index (χ3v) is 3.24. The third kappa shape index (κ3) is 4.57. The summed E-state index contributed by atoms with van der Waals surface area (Å²) in [6, 6.07) is 9.77. The van der Waals surface area contributed by atoms with Gasteiger partial charge >= 0.3 is 0 Å². The van der Waals surface area contributed by atoms with Crippen LogP contribution in [0.25, 0.3) is 0 Å². The summed E-state index contributed by atoms with van der Waals surface area (Å²) in [7, 11) is 0. The van der Waals surface area contributed by atoms with Crippen LogP contribution in [0, 0.1) is 0 Å². The van der Waals surface area contributed by atoms with Crippen LogP contribution in [-0.4, -0.2) is 39.1 Å². The van der Waals surface area contributed by atoms with Crippen molar-refractivity contribution in [2.24, 2.45) is 10.9 Å². The molecule has 2 aromatic rings. The van der Waals surface area contributed by atoms with Crippen molar-refractivity contribution < 1.29 is 5.21 Å². The van der Waals surface area contributed by atoms with Crippen LogP contribution >= 0.6 is 0 Å². The molecule has 0 aliphatic carbocycles. The molecule has 0 aliphatic heterocycles. The summed E-state index contributed by atoms with van der Waals surface area (Å²) in [6.07, 6.45) is 4.43. The summed E-state index contributed by atoms with van der Waals surface area (Å²) < 4.78 is 1.79. The minimum atomic E-state index is -0.137. The molecule has 2 rings (SSSR count). The smallest absolute Gasteiger partial charge is 0.147 e. The predicted octanol–water partition coefficient (Wildman–Crippen LogP) is 0.788. The Morgan fingerprint density at radius 1 is 1.38 bits per heavy atom. The number of amidine groups is 1. The number of nitrogens with one attached hydrogen (secondary N) is 1. The molecule has 4 N–H and O–H groups in total. The summed E-state index contributed by atoms with van der Waals surface area (Å²) in [6.45, 7) is 2.26. The zero-order valence-electron chi connectivity index (χ0n) is 11.8. The van der Waals surface area contributed by atoms with Gasteiger partial charge in [0.15, 0.2) is 0 Å². The van der Waals surface area contributed by atoms with Crippen LogP contribution in [0.3, 0.4) is 0 Å². The fourth-order valence-corrected chi connectivity index (χ4v) is 2.11. The topological polar surface area (TPSA) is 101 Å². The molecule has 1 aromatic carbocycles. The first kappa shape index (κ1) is 15.0. The van der Waals surface area contributed by atoms with E-state index in [2.05, 4.69) is 20.8 Å². The Labute approximate surface area is 123 Å². The van der Waals surface area contributed by atoms with E-state index in [9.17, 15) is 0 Å². The van der Waals surface area contributed by atoms with E-state index >= 15 is 0 Å². The van der Waals surface area contributed by atoms with Crippen molar-refractivity contribution in [2.45, 2.75) is 18.9 Å². The second-order valence-electron chi connectivity index (χ2n) is 4.71. The Kier molecular flexibility index (Phi) is 5.71. The first-order valence-electron chi connectivity index (χ1n) is 6.88. The number of rotatable bonds is 8. The van der Waals surface area contributed by atoms with Gasteiger partial charge in [-0.15, -0.1) is 5.10 Å². The van der Waals surface area contributed by atoms with Crippen molar-refractivity contribution in [1.82, 2.24) is 20.3 Å². The average molecular weight is 288 g/mol. The van der Waals surface area contributed by atoms with E-state index in [0.29, 0.717) is 6.54 Å². The monoisotopic (exact) mass is 288 g/mol. The number of aryl methyl sites for hydroxylation is 1. The van der Waals surface area contributed by atoms with Crippen molar-refractivity contribution >= 4 is 5.84 Å². The van der Waals surface area contributed by atoms with Crippen molar-refractivity contribution in [3.05, 3.63) is 48.3 Å². The molecule has 0 aliphatic rings. The molecule has 0 amide bonds. The minimum Gasteiger partial charge on any atom is -0.409 e. The van der Waals surface area contributed by atoms with E-state index < -0.39 is 0 Å². The summed E-state index contributed by atoms with van der Waals surface area (Å²) >= 11 is 0. The lowest BCUT2D eigenvalue weighted by atomic mass is 9.98. The van der Waals surface area contributed by atoms with E-state index in [1.165, 1.54) is 0 Å². The molecule has 0 bridgehead atoms. The number of oxime groups is 1. The molecule has 7 nitrogen and oxygen atoms in total. The second-order valence-corrected chi connectivity index (χ2v) is 4.71. The molecular formula is C14H20N6O. The lowest BCUT2D eigenvalue weighted by Gasteiger charge is -2.16. The van der Waals surface area contributed by atoms with Gasteiger partial charge in [0.05, 0.1) is 12.1 Å². The van der Waals surface area contributed by atoms with Crippen LogP contribution in [0.1, 0.15) is 17.9 Å². The highest BCUT2D eigenvalue weighted by molar-refractivity contribution is 5.87. The molecule has 1 heterocycles. The van der Waals surface area contributed by atoms with Gasteiger partial charge < -0.3 is 16.3 Å². The number of nitrogens with two attached hydrogens (primary N) is 1. The maximum atomic E-state index is 8.91. The number of benzene rings is 1. The highest BCUT2D eigenvalue weighted by Crippen LogP contribution is 2.14. The van der Waals surface area contributed by atoms with Gasteiger partial charge in [-0.1, -0.05) is 40.7 Å². The molecule has 1 aromatic heterocycles. The Morgan fingerprint density at radius 3 is 2.86 bits per heavy atom. The van der Waals surface area contributed by atoms with Gasteiger partial charge in [0.1, 0.15) is 5.84 Å². The normalized spacial score (nSPS) is 13.2. The fourth-order valence-electron chi connectivity index (χ4n) is 2.11. The SMILES string of the molecule is N/C(=N/O)C(CNCCCn1ccnn1)c1ccccc1. The van der Waals surface area contributed by atoms with Gasteiger partial charge in [-0.05, 0) is 18.5 Å². The molecule has 1 atom stereocenters. The number of hydrogen-bond donors (Lipinski definition) is 3. The second kappa shape index (κ2) is 8.01. The molecule has 0 fully saturated rings. The van der Waals surface area contributed by atoms with E-state index in [0.717, 1.165) is 25.1 Å². The van der Waals surface area contributed by atoms with Gasteiger partial charge in [0.2, 0.25) is 0 Å². The average Bonchev–Trinajstić information content (AvgIpc) is 3.04. The highest BCUT2D eigenvalue weighted by atomic mass is 16.4. The number of nitrogens with zero attached hydrogens (tertiary/aromatic N) is 4. The van der Waals surface area contributed by atoms with E-state index in [1.54, 1.807) is 10.9 Å². The molecule has 7 heteroatoms. The molecule has 21 heavy (non-hydrogen) atoms. The summed E-state index contributed by atoms with van der Waals surface area (Å²) in [5, 5.41) is 23.0. The molecule has 112 valence electrons. The Bertz CT molecular complexity index is 540. The molecule has 1 unspecified atom stereocenters. The first-order chi connectivity index (χ1) is 10.3. The minimum absolute atomic E-state index is 0.137. The zero-order valence-corrected chi connectivity index (χ0v) is 11.8. The largest absolute Gasteiger partial charge is 0.409 e.